The van der Waals surface area contributed by atoms with E-state index in [2.05, 4.69) is 27.6 Å². The van der Waals surface area contributed by atoms with E-state index < -0.39 is 0 Å². The zero-order valence-electron chi connectivity index (χ0n) is 12.7. The molecule has 0 saturated carbocycles. The summed E-state index contributed by atoms with van der Waals surface area (Å²) in [7, 11) is 0. The molecule has 7 nitrogen and oxygen atoms in total. The monoisotopic (exact) mass is 287 g/mol. The number of aliphatic imine (C=N–C) groups is 1. The molecule has 118 valence electrons. The molecule has 1 unspecified atom stereocenters. The van der Waals surface area contributed by atoms with Gasteiger partial charge in [-0.1, -0.05) is 0 Å². The number of rotatable bonds is 8. The lowest BCUT2D eigenvalue weighted by molar-refractivity contribution is 0.0352. The zero-order valence-corrected chi connectivity index (χ0v) is 12.7. The van der Waals surface area contributed by atoms with E-state index in [1.807, 2.05) is 6.92 Å². The Labute approximate surface area is 121 Å². The second-order valence-corrected chi connectivity index (χ2v) is 4.88. The minimum Gasteiger partial charge on any atom is -0.382 e. The molecule has 4 N–H and O–H groups in total. The summed E-state index contributed by atoms with van der Waals surface area (Å²) in [5, 5.41) is 3.30. The number of hydrogen-bond acceptors (Lipinski definition) is 5. The highest BCUT2D eigenvalue weighted by Gasteiger charge is 2.14. The molecule has 0 aromatic carbocycles. The van der Waals surface area contributed by atoms with Crippen molar-refractivity contribution in [2.24, 2.45) is 10.8 Å². The van der Waals surface area contributed by atoms with Crippen molar-refractivity contribution in [2.45, 2.75) is 26.3 Å². The summed E-state index contributed by atoms with van der Waals surface area (Å²) in [6.45, 7) is 10.9. The molecule has 1 fully saturated rings. The highest BCUT2D eigenvalue weighted by Crippen LogP contribution is 1.98. The molecule has 0 bridgehead atoms. The van der Waals surface area contributed by atoms with E-state index in [1.54, 1.807) is 0 Å². The van der Waals surface area contributed by atoms with Crippen LogP contribution >= 0.6 is 0 Å². The fourth-order valence-electron chi connectivity index (χ4n) is 2.08. The summed E-state index contributed by atoms with van der Waals surface area (Å²) in [4.78, 5) is 6.77. The van der Waals surface area contributed by atoms with E-state index in [4.69, 9.17) is 15.3 Å². The highest BCUT2D eigenvalue weighted by atomic mass is 16.5. The van der Waals surface area contributed by atoms with Gasteiger partial charge < -0.3 is 14.8 Å². The third kappa shape index (κ3) is 7.64. The Bertz CT molecular complexity index is 269. The van der Waals surface area contributed by atoms with Crippen LogP contribution in [0.4, 0.5) is 0 Å². The van der Waals surface area contributed by atoms with Gasteiger partial charge in [0.1, 0.15) is 0 Å². The Balaban J connectivity index is 2.21. The average Bonchev–Trinajstić information content (AvgIpc) is 2.46. The van der Waals surface area contributed by atoms with Crippen LogP contribution in [0.2, 0.25) is 0 Å². The lowest BCUT2D eigenvalue weighted by Gasteiger charge is -2.29. The fraction of sp³-hybridized carbons (Fsp3) is 0.923. The average molecular weight is 287 g/mol. The van der Waals surface area contributed by atoms with Gasteiger partial charge in [0.25, 0.3) is 0 Å². The molecule has 0 radical (unpaired) electrons. The highest BCUT2D eigenvalue weighted by molar-refractivity contribution is 5.79. The first-order valence-electron chi connectivity index (χ1n) is 7.41. The van der Waals surface area contributed by atoms with Crippen LogP contribution in [0.25, 0.3) is 0 Å². The van der Waals surface area contributed by atoms with E-state index in [1.165, 1.54) is 0 Å². The maximum Gasteiger partial charge on any atom is 0.205 e. The van der Waals surface area contributed by atoms with E-state index >= 15 is 0 Å². The first-order chi connectivity index (χ1) is 9.76. The smallest absolute Gasteiger partial charge is 0.205 e. The Morgan fingerprint density at radius 2 is 2.20 bits per heavy atom. The van der Waals surface area contributed by atoms with Crippen molar-refractivity contribution in [3.63, 3.8) is 0 Å². The van der Waals surface area contributed by atoms with Crippen LogP contribution < -0.4 is 16.6 Å². The molecule has 0 aliphatic carbocycles. The first-order valence-corrected chi connectivity index (χ1v) is 7.41. The lowest BCUT2D eigenvalue weighted by atomic mass is 10.3. The first kappa shape index (κ1) is 17.2. The van der Waals surface area contributed by atoms with Gasteiger partial charge in [-0.25, -0.2) is 5.84 Å². The number of nitrogens with two attached hydrogens (primary N) is 1. The van der Waals surface area contributed by atoms with Gasteiger partial charge in [-0.15, -0.1) is 0 Å². The molecular formula is C13H29N5O2. The Kier molecular flexibility index (Phi) is 9.31. The van der Waals surface area contributed by atoms with Gasteiger partial charge in [-0.3, -0.25) is 15.3 Å². The van der Waals surface area contributed by atoms with Crippen molar-refractivity contribution >= 4 is 5.96 Å². The molecule has 0 amide bonds. The lowest BCUT2D eigenvalue weighted by Crippen LogP contribution is -2.50. The molecule has 1 atom stereocenters. The van der Waals surface area contributed by atoms with Crippen molar-refractivity contribution in [3.8, 4) is 0 Å². The quantitative estimate of drug-likeness (QED) is 0.184. The number of ether oxygens (including phenoxy) is 2. The van der Waals surface area contributed by atoms with Crippen molar-refractivity contribution in [2.75, 3.05) is 52.6 Å². The van der Waals surface area contributed by atoms with Gasteiger partial charge in [0, 0.05) is 45.4 Å². The summed E-state index contributed by atoms with van der Waals surface area (Å²) in [6, 6.07) is 0.287. The van der Waals surface area contributed by atoms with Gasteiger partial charge in [0.15, 0.2) is 0 Å². The topological polar surface area (TPSA) is 84.1 Å². The predicted molar refractivity (Wildman–Crippen MR) is 80.6 cm³/mol. The fourth-order valence-corrected chi connectivity index (χ4v) is 2.08. The van der Waals surface area contributed by atoms with Gasteiger partial charge >= 0.3 is 0 Å². The molecule has 1 aliphatic rings. The molecular weight excluding hydrogens is 258 g/mol. The van der Waals surface area contributed by atoms with Crippen molar-refractivity contribution in [1.29, 1.82) is 0 Å². The Morgan fingerprint density at radius 3 is 2.85 bits per heavy atom. The minimum atomic E-state index is 0.287. The van der Waals surface area contributed by atoms with Gasteiger partial charge in [-0.05, 0) is 20.3 Å². The largest absolute Gasteiger partial charge is 0.382 e. The molecule has 0 aromatic heterocycles. The summed E-state index contributed by atoms with van der Waals surface area (Å²) < 4.78 is 10.6. The van der Waals surface area contributed by atoms with Crippen molar-refractivity contribution in [1.82, 2.24) is 15.6 Å². The minimum absolute atomic E-state index is 0.287. The maximum absolute atomic E-state index is 5.49. The molecule has 7 heteroatoms. The Hall–Kier alpha value is -0.890. The van der Waals surface area contributed by atoms with E-state index in [-0.39, 0.29) is 6.04 Å². The molecule has 1 aliphatic heterocycles. The third-order valence-corrected chi connectivity index (χ3v) is 3.08. The van der Waals surface area contributed by atoms with Crippen LogP contribution in [0.5, 0.6) is 0 Å². The normalized spacial score (nSPS) is 18.9. The number of nitrogens with zero attached hydrogens (tertiary/aromatic N) is 2. The second kappa shape index (κ2) is 10.8. The van der Waals surface area contributed by atoms with E-state index in [9.17, 15) is 0 Å². The predicted octanol–water partition coefficient (Wildman–Crippen LogP) is -0.457. The molecule has 1 heterocycles. The van der Waals surface area contributed by atoms with E-state index in [0.29, 0.717) is 12.5 Å². The van der Waals surface area contributed by atoms with Gasteiger partial charge in [-0.2, -0.15) is 0 Å². The second-order valence-electron chi connectivity index (χ2n) is 4.88. The molecule has 1 saturated heterocycles. The summed E-state index contributed by atoms with van der Waals surface area (Å²) in [5.41, 5.74) is 2.62. The standard InChI is InChI=1S/C13H29N5O2/c1-3-19-8-4-5-15-13(17-14)16-12(2)11-18-6-9-20-10-7-18/h12H,3-11,14H2,1-2H3,(H2,15,16,17). The van der Waals surface area contributed by atoms with Crippen molar-refractivity contribution in [3.05, 3.63) is 0 Å². The van der Waals surface area contributed by atoms with Crippen LogP contribution in [0.1, 0.15) is 20.3 Å². The van der Waals surface area contributed by atoms with Crippen LogP contribution in [-0.2, 0) is 9.47 Å². The maximum atomic E-state index is 5.49. The number of hydrazine groups is 1. The van der Waals surface area contributed by atoms with Crippen LogP contribution in [0, 0.1) is 0 Å². The molecule has 0 spiro atoms. The number of guanidine groups is 1. The number of hydrogen-bond donors (Lipinski definition) is 3. The van der Waals surface area contributed by atoms with Gasteiger partial charge in [0.2, 0.25) is 5.96 Å². The van der Waals surface area contributed by atoms with Crippen LogP contribution in [0.3, 0.4) is 0 Å². The van der Waals surface area contributed by atoms with Crippen molar-refractivity contribution < 1.29 is 9.47 Å². The Morgan fingerprint density at radius 1 is 1.45 bits per heavy atom. The van der Waals surface area contributed by atoms with E-state index in [0.717, 1.165) is 52.5 Å². The van der Waals surface area contributed by atoms with Gasteiger partial charge in [0.05, 0.1) is 13.2 Å². The van der Waals surface area contributed by atoms with Crippen LogP contribution in [0.15, 0.2) is 4.99 Å². The van der Waals surface area contributed by atoms with Crippen LogP contribution in [-0.4, -0.2) is 69.5 Å². The third-order valence-electron chi connectivity index (χ3n) is 3.08. The molecule has 0 aromatic rings. The zero-order chi connectivity index (χ0) is 14.6. The number of nitrogens with one attached hydrogen (secondary N) is 2. The summed E-state index contributed by atoms with van der Waals surface area (Å²) >= 11 is 0. The molecule has 1 rings (SSSR count). The number of morpholine rings is 1. The summed E-state index contributed by atoms with van der Waals surface area (Å²) in [6.07, 6.45) is 0.901. The SMILES string of the molecule is CCOCCCN=C(NN)NC(C)CN1CCOCC1. The summed E-state index contributed by atoms with van der Waals surface area (Å²) in [5.74, 6) is 6.13. The molecule has 20 heavy (non-hydrogen) atoms.